The number of para-hydroxylation sites is 1. The molecule has 0 saturated carbocycles. The molecule has 6 heteroatoms. The zero-order valence-electron chi connectivity index (χ0n) is 14.8. The first kappa shape index (κ1) is 18.7. The molecule has 3 rings (SSSR count). The minimum Gasteiger partial charge on any atom is -0.457 e. The number of esters is 1. The highest BCUT2D eigenvalue weighted by Gasteiger charge is 2.14. The maximum Gasteiger partial charge on any atom is 0.338 e. The fourth-order valence-electron chi connectivity index (χ4n) is 2.35. The van der Waals surface area contributed by atoms with Gasteiger partial charge in [-0.3, -0.25) is 4.79 Å². The summed E-state index contributed by atoms with van der Waals surface area (Å²) in [5.74, 6) is 0.536. The van der Waals surface area contributed by atoms with Gasteiger partial charge in [-0.15, -0.1) is 0 Å². The highest BCUT2D eigenvalue weighted by atomic mass is 32.1. The summed E-state index contributed by atoms with van der Waals surface area (Å²) in [7, 11) is 1.68. The maximum absolute atomic E-state index is 12.1. The minimum absolute atomic E-state index is 0.251. The third kappa shape index (κ3) is 5.43. The molecule has 27 heavy (non-hydrogen) atoms. The Morgan fingerprint density at radius 1 is 0.963 bits per heavy atom. The molecule has 1 heterocycles. The highest BCUT2D eigenvalue weighted by Crippen LogP contribution is 2.21. The highest BCUT2D eigenvalue weighted by molar-refractivity contribution is 7.07. The number of nitrogens with zero attached hydrogens (tertiary/aromatic N) is 1. The van der Waals surface area contributed by atoms with E-state index in [1.807, 2.05) is 47.2 Å². The first-order valence-corrected chi connectivity index (χ1v) is 9.31. The van der Waals surface area contributed by atoms with E-state index in [2.05, 4.69) is 0 Å². The number of carbonyl (C=O) groups excluding carboxylic acids is 2. The molecule has 1 amide bonds. The molecule has 0 aliphatic heterocycles. The quantitative estimate of drug-likeness (QED) is 0.571. The molecule has 0 aliphatic rings. The lowest BCUT2D eigenvalue weighted by Crippen LogP contribution is -2.30. The van der Waals surface area contributed by atoms with Gasteiger partial charge in [0.2, 0.25) is 0 Å². The van der Waals surface area contributed by atoms with Crippen LogP contribution in [-0.4, -0.2) is 30.4 Å². The Hall–Kier alpha value is -3.12. The van der Waals surface area contributed by atoms with Crippen LogP contribution in [-0.2, 0) is 16.1 Å². The standard InChI is InChI=1S/C21H19NO4S/c1-22(13-16-11-12-27-15-16)20(23)14-25-21(24)17-7-9-19(10-8-17)26-18-5-3-2-4-6-18/h2-12,15H,13-14H2,1H3. The number of amides is 1. The van der Waals surface area contributed by atoms with Crippen molar-refractivity contribution in [3.05, 3.63) is 82.6 Å². The van der Waals surface area contributed by atoms with Crippen molar-refractivity contribution in [2.24, 2.45) is 0 Å². The van der Waals surface area contributed by atoms with Gasteiger partial charge < -0.3 is 14.4 Å². The zero-order valence-corrected chi connectivity index (χ0v) is 15.6. The molecule has 5 nitrogen and oxygen atoms in total. The van der Waals surface area contributed by atoms with Crippen LogP contribution < -0.4 is 4.74 Å². The summed E-state index contributed by atoms with van der Waals surface area (Å²) in [6, 6.07) is 17.9. The Morgan fingerprint density at radius 3 is 2.33 bits per heavy atom. The smallest absolute Gasteiger partial charge is 0.338 e. The molecule has 3 aromatic rings. The van der Waals surface area contributed by atoms with Crippen LogP contribution in [0.25, 0.3) is 0 Å². The molecule has 0 radical (unpaired) electrons. The number of carbonyl (C=O) groups is 2. The Bertz CT molecular complexity index is 876. The number of thiophene rings is 1. The summed E-state index contributed by atoms with van der Waals surface area (Å²) >= 11 is 1.58. The van der Waals surface area contributed by atoms with E-state index < -0.39 is 5.97 Å². The van der Waals surface area contributed by atoms with Crippen molar-refractivity contribution in [1.82, 2.24) is 4.90 Å². The largest absolute Gasteiger partial charge is 0.457 e. The Kier molecular flexibility index (Phi) is 6.22. The molecule has 0 aliphatic carbocycles. The maximum atomic E-state index is 12.1. The lowest BCUT2D eigenvalue weighted by molar-refractivity contribution is -0.133. The van der Waals surface area contributed by atoms with E-state index in [1.54, 1.807) is 42.6 Å². The van der Waals surface area contributed by atoms with Gasteiger partial charge in [-0.25, -0.2) is 4.79 Å². The van der Waals surface area contributed by atoms with Crippen LogP contribution in [0.2, 0.25) is 0 Å². The number of rotatable bonds is 7. The van der Waals surface area contributed by atoms with Crippen molar-refractivity contribution in [3.8, 4) is 11.5 Å². The second kappa shape index (κ2) is 9.00. The first-order chi connectivity index (χ1) is 13.1. The predicted octanol–water partition coefficient (Wildman–Crippen LogP) is 4.36. The van der Waals surface area contributed by atoms with Crippen molar-refractivity contribution >= 4 is 23.2 Å². The molecule has 0 fully saturated rings. The van der Waals surface area contributed by atoms with E-state index in [9.17, 15) is 9.59 Å². The summed E-state index contributed by atoms with van der Waals surface area (Å²) in [5.41, 5.74) is 1.42. The van der Waals surface area contributed by atoms with E-state index in [1.165, 1.54) is 4.90 Å². The fourth-order valence-corrected chi connectivity index (χ4v) is 3.01. The molecule has 0 bridgehead atoms. The van der Waals surface area contributed by atoms with E-state index in [4.69, 9.17) is 9.47 Å². The van der Waals surface area contributed by atoms with Gasteiger partial charge in [0.15, 0.2) is 6.61 Å². The van der Waals surface area contributed by atoms with E-state index in [0.717, 1.165) is 5.56 Å². The topological polar surface area (TPSA) is 55.8 Å². The van der Waals surface area contributed by atoms with Crippen LogP contribution in [0.4, 0.5) is 0 Å². The van der Waals surface area contributed by atoms with Gasteiger partial charge in [-0.1, -0.05) is 18.2 Å². The molecular formula is C21H19NO4S. The zero-order chi connectivity index (χ0) is 19.1. The van der Waals surface area contributed by atoms with Gasteiger partial charge in [0.1, 0.15) is 11.5 Å². The molecule has 0 atom stereocenters. The number of likely N-dealkylation sites (N-methyl/N-ethyl adjacent to an activating group) is 1. The predicted molar refractivity (Wildman–Crippen MR) is 104 cm³/mol. The average molecular weight is 381 g/mol. The monoisotopic (exact) mass is 381 g/mol. The van der Waals surface area contributed by atoms with Crippen LogP contribution >= 0.6 is 11.3 Å². The van der Waals surface area contributed by atoms with Crippen LogP contribution in [0.1, 0.15) is 15.9 Å². The number of hydrogen-bond acceptors (Lipinski definition) is 5. The second-order valence-corrected chi connectivity index (χ2v) is 6.68. The molecular weight excluding hydrogens is 362 g/mol. The van der Waals surface area contributed by atoms with E-state index in [0.29, 0.717) is 23.6 Å². The Balaban J connectivity index is 1.49. The summed E-state index contributed by atoms with van der Waals surface area (Å²) in [5, 5.41) is 3.94. The fraction of sp³-hybridized carbons (Fsp3) is 0.143. The van der Waals surface area contributed by atoms with Crippen LogP contribution in [0, 0.1) is 0 Å². The first-order valence-electron chi connectivity index (χ1n) is 8.37. The van der Waals surface area contributed by atoms with Crippen LogP contribution in [0.15, 0.2) is 71.4 Å². The normalized spacial score (nSPS) is 10.3. The van der Waals surface area contributed by atoms with Gasteiger partial charge in [0.25, 0.3) is 5.91 Å². The van der Waals surface area contributed by atoms with Crippen molar-refractivity contribution in [2.45, 2.75) is 6.54 Å². The SMILES string of the molecule is CN(Cc1ccsc1)C(=O)COC(=O)c1ccc(Oc2ccccc2)cc1. The van der Waals surface area contributed by atoms with Gasteiger partial charge >= 0.3 is 5.97 Å². The third-order valence-corrected chi connectivity index (χ3v) is 4.55. The summed E-state index contributed by atoms with van der Waals surface area (Å²) in [6.45, 7) is 0.202. The van der Waals surface area contributed by atoms with Gasteiger partial charge in [0, 0.05) is 13.6 Å². The van der Waals surface area contributed by atoms with Gasteiger partial charge in [-0.2, -0.15) is 11.3 Å². The van der Waals surface area contributed by atoms with Crippen molar-refractivity contribution in [3.63, 3.8) is 0 Å². The summed E-state index contributed by atoms with van der Waals surface area (Å²) < 4.78 is 10.8. The average Bonchev–Trinajstić information content (AvgIpc) is 3.20. The van der Waals surface area contributed by atoms with Crippen molar-refractivity contribution < 1.29 is 19.1 Å². The van der Waals surface area contributed by atoms with Crippen molar-refractivity contribution in [1.29, 1.82) is 0 Å². The van der Waals surface area contributed by atoms with Crippen molar-refractivity contribution in [2.75, 3.05) is 13.7 Å². The molecule has 0 unspecified atom stereocenters. The lowest BCUT2D eigenvalue weighted by Gasteiger charge is -2.16. The molecule has 0 saturated heterocycles. The summed E-state index contributed by atoms with van der Waals surface area (Å²) in [4.78, 5) is 25.8. The van der Waals surface area contributed by atoms with E-state index in [-0.39, 0.29) is 12.5 Å². The molecule has 1 aromatic heterocycles. The lowest BCUT2D eigenvalue weighted by atomic mass is 10.2. The number of hydrogen-bond donors (Lipinski definition) is 0. The van der Waals surface area contributed by atoms with Crippen LogP contribution in [0.5, 0.6) is 11.5 Å². The molecule has 138 valence electrons. The molecule has 0 spiro atoms. The Labute approximate surface area is 161 Å². The van der Waals surface area contributed by atoms with Gasteiger partial charge in [0.05, 0.1) is 5.56 Å². The van der Waals surface area contributed by atoms with E-state index >= 15 is 0 Å². The minimum atomic E-state index is -0.543. The van der Waals surface area contributed by atoms with Crippen LogP contribution in [0.3, 0.4) is 0 Å². The molecule has 0 N–H and O–H groups in total. The Morgan fingerprint density at radius 2 is 1.67 bits per heavy atom. The summed E-state index contributed by atoms with van der Waals surface area (Å²) in [6.07, 6.45) is 0. The number of benzene rings is 2. The molecule has 2 aromatic carbocycles. The number of ether oxygens (including phenoxy) is 2. The second-order valence-electron chi connectivity index (χ2n) is 5.90. The van der Waals surface area contributed by atoms with Gasteiger partial charge in [-0.05, 0) is 58.8 Å². The third-order valence-electron chi connectivity index (χ3n) is 3.82.